The average molecular weight is 264 g/mol. The maximum atomic E-state index is 10.4. The Labute approximate surface area is 108 Å². The molecule has 0 aliphatic carbocycles. The molecule has 0 radical (unpaired) electrons. The molecule has 5 nitrogen and oxygen atoms in total. The molecule has 0 amide bonds. The van der Waals surface area contributed by atoms with Crippen molar-refractivity contribution in [3.8, 4) is 11.5 Å². The fourth-order valence-corrected chi connectivity index (χ4v) is 2.08. The van der Waals surface area contributed by atoms with Crippen molar-refractivity contribution >= 4 is 17.7 Å². The highest BCUT2D eigenvalue weighted by Gasteiger charge is 2.09. The lowest BCUT2D eigenvalue weighted by molar-refractivity contribution is -0.136. The van der Waals surface area contributed by atoms with Gasteiger partial charge >= 0.3 is 5.97 Å². The smallest absolute Gasteiger partial charge is 0.304 e. The molecule has 2 aromatic rings. The van der Waals surface area contributed by atoms with Crippen LogP contribution in [0.3, 0.4) is 0 Å². The lowest BCUT2D eigenvalue weighted by Crippen LogP contribution is -1.95. The van der Waals surface area contributed by atoms with Gasteiger partial charge in [0.2, 0.25) is 5.89 Å². The molecule has 0 bridgehead atoms. The molecule has 0 aliphatic heterocycles. The largest absolute Gasteiger partial charge is 0.481 e. The van der Waals surface area contributed by atoms with E-state index in [1.807, 2.05) is 31.2 Å². The molecule has 1 aromatic heterocycles. The molecule has 0 aliphatic rings. The number of thioether (sulfide) groups is 1. The molecule has 0 fully saturated rings. The number of carboxylic acids is 1. The number of benzene rings is 1. The van der Waals surface area contributed by atoms with Gasteiger partial charge < -0.3 is 9.52 Å². The molecule has 0 spiro atoms. The van der Waals surface area contributed by atoms with Crippen molar-refractivity contribution in [2.75, 3.05) is 5.75 Å². The Bertz CT molecular complexity index is 554. The number of hydrogen-bond donors (Lipinski definition) is 1. The van der Waals surface area contributed by atoms with Gasteiger partial charge in [0.15, 0.2) is 0 Å². The summed E-state index contributed by atoms with van der Waals surface area (Å²) in [6.07, 6.45) is 0.0762. The van der Waals surface area contributed by atoms with Crippen LogP contribution in [0.15, 0.2) is 33.9 Å². The molecule has 1 heterocycles. The van der Waals surface area contributed by atoms with E-state index in [4.69, 9.17) is 9.52 Å². The van der Waals surface area contributed by atoms with E-state index in [0.29, 0.717) is 16.9 Å². The zero-order valence-corrected chi connectivity index (χ0v) is 10.6. The Balaban J connectivity index is 2.04. The zero-order chi connectivity index (χ0) is 13.0. The first kappa shape index (κ1) is 12.6. The molecule has 0 saturated heterocycles. The molecule has 1 aromatic carbocycles. The first-order valence-electron chi connectivity index (χ1n) is 5.40. The monoisotopic (exact) mass is 264 g/mol. The third kappa shape index (κ3) is 3.33. The number of aliphatic carboxylic acids is 1. The second-order valence-corrected chi connectivity index (χ2v) is 4.78. The minimum atomic E-state index is -0.832. The minimum absolute atomic E-state index is 0.0762. The van der Waals surface area contributed by atoms with Crippen LogP contribution in [-0.4, -0.2) is 27.0 Å². The van der Waals surface area contributed by atoms with Gasteiger partial charge in [-0.2, -0.15) is 0 Å². The SMILES string of the molecule is Cc1cccc(-c2nnc(SCCC(=O)O)o2)c1. The Hall–Kier alpha value is -1.82. The van der Waals surface area contributed by atoms with E-state index in [9.17, 15) is 4.79 Å². The van der Waals surface area contributed by atoms with Crippen LogP contribution in [0.1, 0.15) is 12.0 Å². The summed E-state index contributed by atoms with van der Waals surface area (Å²) in [6, 6.07) is 7.76. The Morgan fingerprint density at radius 2 is 2.28 bits per heavy atom. The summed E-state index contributed by atoms with van der Waals surface area (Å²) >= 11 is 1.25. The average Bonchev–Trinajstić information content (AvgIpc) is 2.77. The standard InChI is InChI=1S/C12H12N2O3S/c1-8-3-2-4-9(7-8)11-13-14-12(17-11)18-6-5-10(15)16/h2-4,7H,5-6H2,1H3,(H,15,16). The third-order valence-corrected chi connectivity index (χ3v) is 3.03. The van der Waals surface area contributed by atoms with Crippen LogP contribution in [0.2, 0.25) is 0 Å². The van der Waals surface area contributed by atoms with Crippen molar-refractivity contribution in [3.05, 3.63) is 29.8 Å². The van der Waals surface area contributed by atoms with Gasteiger partial charge in [-0.15, -0.1) is 10.2 Å². The van der Waals surface area contributed by atoms with Crippen molar-refractivity contribution in [2.45, 2.75) is 18.6 Å². The molecule has 94 valence electrons. The number of rotatable bonds is 5. The molecule has 0 saturated carbocycles. The fourth-order valence-electron chi connectivity index (χ4n) is 1.39. The van der Waals surface area contributed by atoms with E-state index < -0.39 is 5.97 Å². The summed E-state index contributed by atoms with van der Waals surface area (Å²) in [5.41, 5.74) is 1.98. The number of carbonyl (C=O) groups is 1. The summed E-state index contributed by atoms with van der Waals surface area (Å²) in [7, 11) is 0. The van der Waals surface area contributed by atoms with Gasteiger partial charge in [0, 0.05) is 11.3 Å². The lowest BCUT2D eigenvalue weighted by atomic mass is 10.1. The van der Waals surface area contributed by atoms with Crippen molar-refractivity contribution < 1.29 is 14.3 Å². The summed E-state index contributed by atoms with van der Waals surface area (Å²) in [6.45, 7) is 1.99. The zero-order valence-electron chi connectivity index (χ0n) is 9.79. The molecule has 6 heteroatoms. The second kappa shape index (κ2) is 5.68. The van der Waals surface area contributed by atoms with Crippen molar-refractivity contribution in [2.24, 2.45) is 0 Å². The van der Waals surface area contributed by atoms with Crippen LogP contribution in [-0.2, 0) is 4.79 Å². The number of hydrogen-bond acceptors (Lipinski definition) is 5. The van der Waals surface area contributed by atoms with Gasteiger partial charge in [-0.05, 0) is 19.1 Å². The minimum Gasteiger partial charge on any atom is -0.481 e. The van der Waals surface area contributed by atoms with Gasteiger partial charge in [0.25, 0.3) is 5.22 Å². The highest BCUT2D eigenvalue weighted by Crippen LogP contribution is 2.23. The molecule has 18 heavy (non-hydrogen) atoms. The van der Waals surface area contributed by atoms with E-state index in [0.717, 1.165) is 11.1 Å². The number of aromatic nitrogens is 2. The Kier molecular flexibility index (Phi) is 3.99. The maximum Gasteiger partial charge on any atom is 0.304 e. The van der Waals surface area contributed by atoms with Crippen LogP contribution >= 0.6 is 11.8 Å². The molecular weight excluding hydrogens is 252 g/mol. The van der Waals surface area contributed by atoms with Crippen molar-refractivity contribution in [1.29, 1.82) is 0 Å². The number of carboxylic acid groups (broad SMARTS) is 1. The highest BCUT2D eigenvalue weighted by molar-refractivity contribution is 7.99. The van der Waals surface area contributed by atoms with E-state index >= 15 is 0 Å². The summed E-state index contributed by atoms with van der Waals surface area (Å²) in [5, 5.41) is 16.7. The first-order valence-corrected chi connectivity index (χ1v) is 6.39. The van der Waals surface area contributed by atoms with Crippen LogP contribution in [0.25, 0.3) is 11.5 Å². The van der Waals surface area contributed by atoms with Gasteiger partial charge in [-0.25, -0.2) is 0 Å². The third-order valence-electron chi connectivity index (χ3n) is 2.21. The van der Waals surface area contributed by atoms with Crippen LogP contribution in [0, 0.1) is 6.92 Å². The van der Waals surface area contributed by atoms with E-state index in [-0.39, 0.29) is 6.42 Å². The Morgan fingerprint density at radius 1 is 1.44 bits per heavy atom. The van der Waals surface area contributed by atoms with Gasteiger partial charge in [0.1, 0.15) is 0 Å². The van der Waals surface area contributed by atoms with Crippen LogP contribution < -0.4 is 0 Å². The molecule has 2 rings (SSSR count). The molecule has 0 unspecified atom stereocenters. The van der Waals surface area contributed by atoms with Crippen molar-refractivity contribution in [3.63, 3.8) is 0 Å². The molecule has 1 N–H and O–H groups in total. The molecular formula is C12H12N2O3S. The van der Waals surface area contributed by atoms with E-state index in [2.05, 4.69) is 10.2 Å². The van der Waals surface area contributed by atoms with Gasteiger partial charge in [-0.3, -0.25) is 4.79 Å². The predicted molar refractivity (Wildman–Crippen MR) is 67.4 cm³/mol. The second-order valence-electron chi connectivity index (χ2n) is 3.73. The van der Waals surface area contributed by atoms with Gasteiger partial charge in [0.05, 0.1) is 6.42 Å². The quantitative estimate of drug-likeness (QED) is 0.836. The maximum absolute atomic E-state index is 10.4. The van der Waals surface area contributed by atoms with Crippen LogP contribution in [0.5, 0.6) is 0 Å². The first-order chi connectivity index (χ1) is 8.65. The summed E-state index contributed by atoms with van der Waals surface area (Å²) in [5.74, 6) is 0.0440. The predicted octanol–water partition coefficient (Wildman–Crippen LogP) is 2.61. The van der Waals surface area contributed by atoms with Crippen LogP contribution in [0.4, 0.5) is 0 Å². The van der Waals surface area contributed by atoms with Gasteiger partial charge in [-0.1, -0.05) is 29.5 Å². The lowest BCUT2D eigenvalue weighted by Gasteiger charge is -1.96. The number of aryl methyl sites for hydroxylation is 1. The fraction of sp³-hybridized carbons (Fsp3) is 0.250. The Morgan fingerprint density at radius 3 is 3.00 bits per heavy atom. The highest BCUT2D eigenvalue weighted by atomic mass is 32.2. The molecule has 0 atom stereocenters. The number of nitrogens with zero attached hydrogens (tertiary/aromatic N) is 2. The van der Waals surface area contributed by atoms with Crippen molar-refractivity contribution in [1.82, 2.24) is 10.2 Å². The van der Waals surface area contributed by atoms with E-state index in [1.54, 1.807) is 0 Å². The normalized spacial score (nSPS) is 10.5. The summed E-state index contributed by atoms with van der Waals surface area (Å²) in [4.78, 5) is 10.4. The topological polar surface area (TPSA) is 76.2 Å². The van der Waals surface area contributed by atoms with E-state index in [1.165, 1.54) is 11.8 Å². The summed E-state index contributed by atoms with van der Waals surface area (Å²) < 4.78 is 5.45.